The quantitative estimate of drug-likeness (QED) is 0.828. The number of nitrogens with one attached hydrogen (secondary N) is 2. The molecule has 5 heteroatoms. The van der Waals surface area contributed by atoms with Gasteiger partial charge in [-0.1, -0.05) is 32.9 Å². The molecule has 0 spiro atoms. The Morgan fingerprint density at radius 1 is 1.05 bits per heavy atom. The number of hydrogen-bond donors (Lipinski definition) is 2. The van der Waals surface area contributed by atoms with Crippen LogP contribution in [0.4, 0.5) is 5.69 Å². The molecule has 0 aliphatic rings. The molecular formula is C16H25N3O2. The first-order valence-electron chi connectivity index (χ1n) is 7.04. The monoisotopic (exact) mass is 291 g/mol. The fraction of sp³-hybridized carbons (Fsp3) is 0.500. The van der Waals surface area contributed by atoms with Gasteiger partial charge in [-0.05, 0) is 37.2 Å². The molecule has 1 rings (SSSR count). The van der Waals surface area contributed by atoms with Crippen molar-refractivity contribution in [2.45, 2.75) is 26.2 Å². The first-order chi connectivity index (χ1) is 9.70. The minimum atomic E-state index is -0.641. The highest BCUT2D eigenvalue weighted by molar-refractivity contribution is 6.39. The topological polar surface area (TPSA) is 61.4 Å². The third-order valence-corrected chi connectivity index (χ3v) is 3.06. The fourth-order valence-electron chi connectivity index (χ4n) is 1.71. The van der Waals surface area contributed by atoms with Crippen LogP contribution in [0.3, 0.4) is 0 Å². The maximum Gasteiger partial charge on any atom is 0.313 e. The molecule has 0 saturated carbocycles. The predicted molar refractivity (Wildman–Crippen MR) is 85.3 cm³/mol. The number of hydrogen-bond acceptors (Lipinski definition) is 3. The van der Waals surface area contributed by atoms with E-state index >= 15 is 0 Å². The molecule has 1 aromatic carbocycles. The highest BCUT2D eigenvalue weighted by atomic mass is 16.2. The lowest BCUT2D eigenvalue weighted by molar-refractivity contribution is -0.136. The molecular weight excluding hydrogens is 266 g/mol. The van der Waals surface area contributed by atoms with E-state index in [-0.39, 0.29) is 5.41 Å². The average molecular weight is 291 g/mol. The summed E-state index contributed by atoms with van der Waals surface area (Å²) in [6.45, 7) is 7.51. The third-order valence-electron chi connectivity index (χ3n) is 3.06. The molecule has 0 bridgehead atoms. The molecule has 0 heterocycles. The second-order valence-corrected chi connectivity index (χ2v) is 6.34. The van der Waals surface area contributed by atoms with Crippen LogP contribution in [0, 0.1) is 0 Å². The van der Waals surface area contributed by atoms with Crippen LogP contribution in [0.2, 0.25) is 0 Å². The van der Waals surface area contributed by atoms with E-state index in [1.54, 1.807) is 0 Å². The molecule has 5 nitrogen and oxygen atoms in total. The number of benzene rings is 1. The van der Waals surface area contributed by atoms with Crippen LogP contribution >= 0.6 is 0 Å². The van der Waals surface area contributed by atoms with Crippen LogP contribution in [0.1, 0.15) is 26.3 Å². The van der Waals surface area contributed by atoms with E-state index in [2.05, 4.69) is 31.4 Å². The van der Waals surface area contributed by atoms with Gasteiger partial charge in [-0.15, -0.1) is 0 Å². The normalized spacial score (nSPS) is 11.3. The summed E-state index contributed by atoms with van der Waals surface area (Å²) in [5.74, 6) is -1.26. The van der Waals surface area contributed by atoms with Crippen LogP contribution in [0.25, 0.3) is 0 Å². The summed E-state index contributed by atoms with van der Waals surface area (Å²) in [6.07, 6.45) is 0. The Hall–Kier alpha value is -1.88. The van der Waals surface area contributed by atoms with Crippen LogP contribution in [0.15, 0.2) is 24.3 Å². The Morgan fingerprint density at radius 2 is 1.62 bits per heavy atom. The third kappa shape index (κ3) is 5.95. The molecule has 0 atom stereocenters. The first kappa shape index (κ1) is 17.2. The van der Waals surface area contributed by atoms with Gasteiger partial charge in [-0.3, -0.25) is 9.59 Å². The maximum atomic E-state index is 11.7. The smallest absolute Gasteiger partial charge is 0.313 e. The Morgan fingerprint density at radius 3 is 2.10 bits per heavy atom. The molecule has 2 amide bonds. The Bertz CT molecular complexity index is 487. The van der Waals surface area contributed by atoms with Crippen molar-refractivity contribution in [3.63, 3.8) is 0 Å². The number of nitrogens with zero attached hydrogens (tertiary/aromatic N) is 1. The van der Waals surface area contributed by atoms with Crippen molar-refractivity contribution in [2.24, 2.45) is 0 Å². The molecule has 0 saturated heterocycles. The van der Waals surface area contributed by atoms with E-state index in [0.717, 1.165) is 0 Å². The molecule has 1 aromatic rings. The van der Waals surface area contributed by atoms with Crippen molar-refractivity contribution < 1.29 is 9.59 Å². The number of rotatable bonds is 4. The van der Waals surface area contributed by atoms with E-state index in [0.29, 0.717) is 18.8 Å². The van der Waals surface area contributed by atoms with Crippen LogP contribution in [0.5, 0.6) is 0 Å². The van der Waals surface area contributed by atoms with E-state index in [1.807, 2.05) is 43.3 Å². The lowest BCUT2D eigenvalue weighted by Gasteiger charge is -2.19. The summed E-state index contributed by atoms with van der Waals surface area (Å²) >= 11 is 0. The number of anilines is 1. The molecule has 0 aromatic heterocycles. The van der Waals surface area contributed by atoms with Gasteiger partial charge in [-0.25, -0.2) is 0 Å². The van der Waals surface area contributed by atoms with E-state index in [4.69, 9.17) is 0 Å². The zero-order valence-electron chi connectivity index (χ0n) is 13.5. The van der Waals surface area contributed by atoms with E-state index < -0.39 is 11.8 Å². The van der Waals surface area contributed by atoms with Gasteiger partial charge in [0.15, 0.2) is 0 Å². The second-order valence-electron chi connectivity index (χ2n) is 6.34. The molecule has 0 radical (unpaired) electrons. The number of carbonyl (C=O) groups excluding carboxylic acids is 2. The zero-order valence-corrected chi connectivity index (χ0v) is 13.5. The largest absolute Gasteiger partial charge is 0.347 e. The van der Waals surface area contributed by atoms with Crippen molar-refractivity contribution in [3.05, 3.63) is 29.8 Å². The van der Waals surface area contributed by atoms with Gasteiger partial charge in [0, 0.05) is 18.8 Å². The number of likely N-dealkylation sites (N-methyl/N-ethyl adjacent to an activating group) is 1. The Labute approximate surface area is 126 Å². The molecule has 2 N–H and O–H groups in total. The molecule has 0 aliphatic heterocycles. The van der Waals surface area contributed by atoms with Crippen LogP contribution in [-0.2, 0) is 15.0 Å². The van der Waals surface area contributed by atoms with Crippen LogP contribution < -0.4 is 10.6 Å². The SMILES string of the molecule is CN(C)CCNC(=O)C(=O)Nc1ccc(C(C)(C)C)cc1. The van der Waals surface area contributed by atoms with Crippen molar-refractivity contribution in [3.8, 4) is 0 Å². The summed E-state index contributed by atoms with van der Waals surface area (Å²) in [7, 11) is 3.81. The molecule has 116 valence electrons. The second kappa shape index (κ2) is 7.22. The summed E-state index contributed by atoms with van der Waals surface area (Å²) in [5, 5.41) is 5.17. The summed E-state index contributed by atoms with van der Waals surface area (Å²) in [5.41, 5.74) is 1.86. The van der Waals surface area contributed by atoms with Gasteiger partial charge in [0.05, 0.1) is 0 Å². The van der Waals surface area contributed by atoms with Gasteiger partial charge in [-0.2, -0.15) is 0 Å². The lowest BCUT2D eigenvalue weighted by atomic mass is 9.87. The van der Waals surface area contributed by atoms with Gasteiger partial charge >= 0.3 is 11.8 Å². The maximum absolute atomic E-state index is 11.7. The predicted octanol–water partition coefficient (Wildman–Crippen LogP) is 1.60. The van der Waals surface area contributed by atoms with Gasteiger partial charge in [0.2, 0.25) is 0 Å². The van der Waals surface area contributed by atoms with E-state index in [1.165, 1.54) is 5.56 Å². The summed E-state index contributed by atoms with van der Waals surface area (Å²) in [4.78, 5) is 25.3. The Kier molecular flexibility index (Phi) is 5.90. The minimum absolute atomic E-state index is 0.0616. The van der Waals surface area contributed by atoms with E-state index in [9.17, 15) is 9.59 Å². The minimum Gasteiger partial charge on any atom is -0.347 e. The average Bonchev–Trinajstić information content (AvgIpc) is 2.37. The Balaban J connectivity index is 2.53. The van der Waals surface area contributed by atoms with Crippen molar-refractivity contribution in [1.82, 2.24) is 10.2 Å². The van der Waals surface area contributed by atoms with Crippen molar-refractivity contribution >= 4 is 17.5 Å². The zero-order chi connectivity index (χ0) is 16.0. The summed E-state index contributed by atoms with van der Waals surface area (Å²) < 4.78 is 0. The summed E-state index contributed by atoms with van der Waals surface area (Å²) in [6, 6.07) is 7.54. The van der Waals surface area contributed by atoms with Gasteiger partial charge in [0.25, 0.3) is 0 Å². The first-order valence-corrected chi connectivity index (χ1v) is 7.04. The lowest BCUT2D eigenvalue weighted by Crippen LogP contribution is -2.38. The van der Waals surface area contributed by atoms with Crippen LogP contribution in [-0.4, -0.2) is 43.9 Å². The van der Waals surface area contributed by atoms with Crippen molar-refractivity contribution in [2.75, 3.05) is 32.5 Å². The fourth-order valence-corrected chi connectivity index (χ4v) is 1.71. The molecule has 21 heavy (non-hydrogen) atoms. The highest BCUT2D eigenvalue weighted by Crippen LogP contribution is 2.23. The van der Waals surface area contributed by atoms with Gasteiger partial charge in [0.1, 0.15) is 0 Å². The van der Waals surface area contributed by atoms with Gasteiger partial charge < -0.3 is 15.5 Å². The molecule has 0 unspecified atom stereocenters. The number of amides is 2. The molecule has 0 fully saturated rings. The molecule has 0 aliphatic carbocycles. The number of carbonyl (C=O) groups is 2. The highest BCUT2D eigenvalue weighted by Gasteiger charge is 2.15. The van der Waals surface area contributed by atoms with Crippen molar-refractivity contribution in [1.29, 1.82) is 0 Å². The standard InChI is InChI=1S/C16H25N3O2/c1-16(2,3)12-6-8-13(9-7-12)18-15(21)14(20)17-10-11-19(4)5/h6-9H,10-11H2,1-5H3,(H,17,20)(H,18,21).